The van der Waals surface area contributed by atoms with Gasteiger partial charge in [-0.3, -0.25) is 0 Å². The summed E-state index contributed by atoms with van der Waals surface area (Å²) in [4.78, 5) is 8.48. The van der Waals surface area contributed by atoms with Crippen molar-refractivity contribution in [3.05, 3.63) is 40.9 Å². The molecule has 0 atom stereocenters. The molecule has 0 amide bonds. The van der Waals surface area contributed by atoms with Gasteiger partial charge in [0.25, 0.3) is 0 Å². The van der Waals surface area contributed by atoms with E-state index in [0.717, 1.165) is 18.5 Å². The van der Waals surface area contributed by atoms with Crippen LogP contribution in [0.5, 0.6) is 5.75 Å². The lowest BCUT2D eigenvalue weighted by atomic mass is 10.2. The van der Waals surface area contributed by atoms with Gasteiger partial charge in [-0.2, -0.15) is 0 Å². The summed E-state index contributed by atoms with van der Waals surface area (Å²) in [5, 5.41) is 9.51. The lowest BCUT2D eigenvalue weighted by molar-refractivity contribution is 0.432. The van der Waals surface area contributed by atoms with Crippen LogP contribution in [0.2, 0.25) is 5.15 Å². The number of hydrogen-bond donors (Lipinski definition) is 1. The van der Waals surface area contributed by atoms with Crippen molar-refractivity contribution in [2.24, 2.45) is 0 Å². The third-order valence-electron chi connectivity index (χ3n) is 2.92. The summed E-state index contributed by atoms with van der Waals surface area (Å²) in [7, 11) is 0. The third kappa shape index (κ3) is 2.16. The predicted molar refractivity (Wildman–Crippen MR) is 66.1 cm³/mol. The number of halogens is 2. The Morgan fingerprint density at radius 3 is 2.67 bits per heavy atom. The topological polar surface area (TPSA) is 46.0 Å². The quantitative estimate of drug-likeness (QED) is 0.844. The fourth-order valence-electron chi connectivity index (χ4n) is 1.80. The first-order valence-electron chi connectivity index (χ1n) is 5.67. The van der Waals surface area contributed by atoms with Gasteiger partial charge in [0.2, 0.25) is 0 Å². The van der Waals surface area contributed by atoms with Crippen molar-refractivity contribution < 1.29 is 9.50 Å². The molecule has 1 aliphatic carbocycles. The van der Waals surface area contributed by atoms with E-state index in [1.807, 2.05) is 0 Å². The van der Waals surface area contributed by atoms with Gasteiger partial charge in [0.1, 0.15) is 5.15 Å². The number of phenolic OH excluding ortho intramolecular Hbond substituents is 1. The van der Waals surface area contributed by atoms with E-state index in [1.165, 1.54) is 12.1 Å². The Labute approximate surface area is 108 Å². The van der Waals surface area contributed by atoms with Crippen LogP contribution in [-0.2, 0) is 0 Å². The highest BCUT2D eigenvalue weighted by atomic mass is 35.5. The van der Waals surface area contributed by atoms with Crippen molar-refractivity contribution in [1.82, 2.24) is 9.97 Å². The van der Waals surface area contributed by atoms with E-state index < -0.39 is 5.82 Å². The van der Waals surface area contributed by atoms with E-state index in [2.05, 4.69) is 9.97 Å². The molecule has 0 unspecified atom stereocenters. The minimum Gasteiger partial charge on any atom is -0.505 e. The second-order valence-electron chi connectivity index (χ2n) is 4.38. The van der Waals surface area contributed by atoms with E-state index in [-0.39, 0.29) is 5.75 Å². The van der Waals surface area contributed by atoms with Crippen molar-refractivity contribution in [2.45, 2.75) is 18.8 Å². The normalized spacial score (nSPS) is 14.8. The predicted octanol–water partition coefficient (Wildman–Crippen LogP) is 3.52. The van der Waals surface area contributed by atoms with Crippen LogP contribution in [0.3, 0.4) is 0 Å². The largest absolute Gasteiger partial charge is 0.505 e. The molecule has 1 aromatic heterocycles. The summed E-state index contributed by atoms with van der Waals surface area (Å²) in [5.74, 6) is -0.234. The van der Waals surface area contributed by atoms with Gasteiger partial charge in [-0.15, -0.1) is 0 Å². The van der Waals surface area contributed by atoms with E-state index in [9.17, 15) is 4.39 Å². The lowest BCUT2D eigenvalue weighted by Gasteiger charge is -2.05. The van der Waals surface area contributed by atoms with Gasteiger partial charge in [-0.05, 0) is 37.1 Å². The van der Waals surface area contributed by atoms with Crippen LogP contribution in [0.1, 0.15) is 24.5 Å². The number of aromatic nitrogens is 2. The standard InChI is InChI=1S/C13H10ClFN2O/c14-12-6-10(7-1-2-7)16-13(17-12)8-3-4-11(18)9(15)5-8/h3-7,18H,1-2H2. The van der Waals surface area contributed by atoms with Crippen LogP contribution in [0, 0.1) is 5.82 Å². The average Bonchev–Trinajstić information content (AvgIpc) is 3.16. The molecule has 2 aromatic rings. The molecular formula is C13H10ClFN2O. The van der Waals surface area contributed by atoms with Gasteiger partial charge in [-0.1, -0.05) is 11.6 Å². The molecule has 1 aromatic carbocycles. The Morgan fingerprint density at radius 2 is 2.00 bits per heavy atom. The second-order valence-corrected chi connectivity index (χ2v) is 4.77. The number of nitrogens with zero attached hydrogens (tertiary/aromatic N) is 2. The van der Waals surface area contributed by atoms with Gasteiger partial charge >= 0.3 is 0 Å². The first-order valence-corrected chi connectivity index (χ1v) is 6.04. The maximum absolute atomic E-state index is 13.3. The van der Waals surface area contributed by atoms with Gasteiger partial charge in [-0.25, -0.2) is 14.4 Å². The van der Waals surface area contributed by atoms with Crippen molar-refractivity contribution in [1.29, 1.82) is 0 Å². The van der Waals surface area contributed by atoms with Crippen LogP contribution in [-0.4, -0.2) is 15.1 Å². The summed E-state index contributed by atoms with van der Waals surface area (Å²) in [6.45, 7) is 0. The molecule has 0 radical (unpaired) electrons. The summed E-state index contributed by atoms with van der Waals surface area (Å²) in [6, 6.07) is 5.81. The molecular weight excluding hydrogens is 255 g/mol. The highest BCUT2D eigenvalue weighted by Gasteiger charge is 2.26. The SMILES string of the molecule is Oc1ccc(-c2nc(Cl)cc(C3CC3)n2)cc1F. The molecule has 92 valence electrons. The van der Waals surface area contributed by atoms with Crippen LogP contribution >= 0.6 is 11.6 Å². The first kappa shape index (κ1) is 11.4. The number of rotatable bonds is 2. The summed E-state index contributed by atoms with van der Waals surface area (Å²) >= 11 is 5.95. The number of hydrogen-bond acceptors (Lipinski definition) is 3. The zero-order valence-electron chi connectivity index (χ0n) is 9.40. The molecule has 0 saturated heterocycles. The van der Waals surface area contributed by atoms with E-state index >= 15 is 0 Å². The third-order valence-corrected chi connectivity index (χ3v) is 3.11. The van der Waals surface area contributed by atoms with E-state index in [0.29, 0.717) is 22.5 Å². The monoisotopic (exact) mass is 264 g/mol. The molecule has 1 fully saturated rings. The van der Waals surface area contributed by atoms with Gasteiger partial charge in [0, 0.05) is 17.2 Å². The van der Waals surface area contributed by atoms with Gasteiger partial charge < -0.3 is 5.11 Å². The zero-order valence-corrected chi connectivity index (χ0v) is 10.2. The molecule has 0 bridgehead atoms. The molecule has 0 aliphatic heterocycles. The van der Waals surface area contributed by atoms with Crippen molar-refractivity contribution >= 4 is 11.6 Å². The number of aromatic hydroxyl groups is 1. The Bertz CT molecular complexity index is 614. The molecule has 18 heavy (non-hydrogen) atoms. The minimum atomic E-state index is -0.691. The molecule has 3 rings (SSSR count). The molecule has 3 nitrogen and oxygen atoms in total. The Morgan fingerprint density at radius 1 is 1.22 bits per heavy atom. The van der Waals surface area contributed by atoms with Crippen molar-refractivity contribution in [2.75, 3.05) is 0 Å². The van der Waals surface area contributed by atoms with E-state index in [4.69, 9.17) is 16.7 Å². The fourth-order valence-corrected chi connectivity index (χ4v) is 1.99. The molecule has 5 heteroatoms. The molecule has 1 N–H and O–H groups in total. The highest BCUT2D eigenvalue weighted by molar-refractivity contribution is 6.29. The van der Waals surface area contributed by atoms with E-state index in [1.54, 1.807) is 12.1 Å². The summed E-state index contributed by atoms with van der Waals surface area (Å²) in [6.07, 6.45) is 2.22. The molecule has 1 aliphatic rings. The van der Waals surface area contributed by atoms with Crippen LogP contribution in [0.15, 0.2) is 24.3 Å². The average molecular weight is 265 g/mol. The second kappa shape index (κ2) is 4.21. The summed E-state index contributed by atoms with van der Waals surface area (Å²) < 4.78 is 13.3. The van der Waals surface area contributed by atoms with Crippen LogP contribution in [0.25, 0.3) is 11.4 Å². The smallest absolute Gasteiger partial charge is 0.165 e. The van der Waals surface area contributed by atoms with Gasteiger partial charge in [0.05, 0.1) is 0 Å². The van der Waals surface area contributed by atoms with Crippen molar-refractivity contribution in [3.63, 3.8) is 0 Å². The lowest BCUT2D eigenvalue weighted by Crippen LogP contribution is -1.95. The Hall–Kier alpha value is -1.68. The fraction of sp³-hybridized carbons (Fsp3) is 0.231. The molecule has 1 saturated carbocycles. The maximum Gasteiger partial charge on any atom is 0.165 e. The number of phenols is 1. The zero-order chi connectivity index (χ0) is 12.7. The Kier molecular flexibility index (Phi) is 2.67. The summed E-state index contributed by atoms with van der Waals surface area (Å²) in [5.41, 5.74) is 1.41. The minimum absolute atomic E-state index is 0.357. The molecule has 0 spiro atoms. The van der Waals surface area contributed by atoms with Gasteiger partial charge in [0.15, 0.2) is 17.4 Å². The number of benzene rings is 1. The maximum atomic E-state index is 13.3. The highest BCUT2D eigenvalue weighted by Crippen LogP contribution is 2.40. The Balaban J connectivity index is 2.07. The first-order chi connectivity index (χ1) is 8.63. The van der Waals surface area contributed by atoms with Crippen LogP contribution < -0.4 is 0 Å². The molecule has 1 heterocycles. The van der Waals surface area contributed by atoms with Crippen LogP contribution in [0.4, 0.5) is 4.39 Å². The van der Waals surface area contributed by atoms with Crippen molar-refractivity contribution in [3.8, 4) is 17.1 Å².